The number of nitrogens with two attached hydrogens (primary N) is 1. The van der Waals surface area contributed by atoms with Crippen LogP contribution in [0.25, 0.3) is 22.2 Å². The molecule has 20 heavy (non-hydrogen) atoms. The summed E-state index contributed by atoms with van der Waals surface area (Å²) in [6, 6.07) is 9.45. The Bertz CT molecular complexity index is 818. The second-order valence-electron chi connectivity index (χ2n) is 4.86. The molecule has 2 heterocycles. The number of benzene rings is 1. The topological polar surface area (TPSA) is 71.8 Å². The molecular weight excluding hydrogens is 250 g/mol. The molecule has 0 amide bonds. The second-order valence-corrected chi connectivity index (χ2v) is 4.86. The zero-order valence-corrected chi connectivity index (χ0v) is 11.4. The molecule has 4 nitrogen and oxygen atoms in total. The Morgan fingerprint density at radius 2 is 2.05 bits per heavy atom. The average Bonchev–Trinajstić information content (AvgIpc) is 2.85. The van der Waals surface area contributed by atoms with Gasteiger partial charge in [0.25, 0.3) is 0 Å². The molecule has 3 N–H and O–H groups in total. The number of rotatable bonds is 2. The fraction of sp³-hybridized carbons (Fsp3) is 0.125. The third-order valence-corrected chi connectivity index (χ3v) is 3.50. The number of H-pyrrole nitrogens is 1. The maximum absolute atomic E-state index is 11.7. The quantitative estimate of drug-likeness (QED) is 0.698. The number of anilines is 1. The smallest absolute Gasteiger partial charge is 0.161 e. The van der Waals surface area contributed by atoms with Crippen molar-refractivity contribution in [2.75, 3.05) is 5.73 Å². The van der Waals surface area contributed by atoms with E-state index in [0.29, 0.717) is 11.3 Å². The van der Waals surface area contributed by atoms with Crippen LogP contribution in [0, 0.1) is 6.92 Å². The van der Waals surface area contributed by atoms with Crippen molar-refractivity contribution in [3.8, 4) is 11.3 Å². The zero-order chi connectivity index (χ0) is 14.3. The molecule has 100 valence electrons. The van der Waals surface area contributed by atoms with Crippen LogP contribution in [-0.4, -0.2) is 15.8 Å². The van der Waals surface area contributed by atoms with Gasteiger partial charge in [0.15, 0.2) is 5.78 Å². The van der Waals surface area contributed by atoms with Crippen molar-refractivity contribution in [3.63, 3.8) is 0 Å². The lowest BCUT2D eigenvalue weighted by Gasteiger charge is -2.04. The van der Waals surface area contributed by atoms with Crippen molar-refractivity contribution >= 4 is 22.4 Å². The fourth-order valence-electron chi connectivity index (χ4n) is 2.38. The van der Waals surface area contributed by atoms with Gasteiger partial charge in [-0.25, -0.2) is 0 Å². The molecule has 3 rings (SSSR count). The molecule has 0 aliphatic heterocycles. The summed E-state index contributed by atoms with van der Waals surface area (Å²) in [7, 11) is 0. The summed E-state index contributed by atoms with van der Waals surface area (Å²) in [5.41, 5.74) is 10.7. The number of para-hydroxylation sites is 1. The van der Waals surface area contributed by atoms with E-state index in [1.165, 1.54) is 0 Å². The van der Waals surface area contributed by atoms with E-state index in [-0.39, 0.29) is 5.78 Å². The van der Waals surface area contributed by atoms with E-state index < -0.39 is 0 Å². The van der Waals surface area contributed by atoms with E-state index in [1.54, 1.807) is 6.92 Å². The van der Waals surface area contributed by atoms with Gasteiger partial charge in [0.2, 0.25) is 0 Å². The number of ketones is 1. The minimum atomic E-state index is 0.0467. The first-order valence-electron chi connectivity index (χ1n) is 6.42. The molecule has 4 heteroatoms. The van der Waals surface area contributed by atoms with E-state index in [2.05, 4.69) is 9.97 Å². The average molecular weight is 265 g/mol. The number of nitrogens with zero attached hydrogens (tertiary/aromatic N) is 1. The minimum absolute atomic E-state index is 0.0467. The van der Waals surface area contributed by atoms with Crippen LogP contribution >= 0.6 is 0 Å². The molecule has 0 bridgehead atoms. The van der Waals surface area contributed by atoms with Crippen LogP contribution in [-0.2, 0) is 0 Å². The number of aromatic nitrogens is 2. The second kappa shape index (κ2) is 4.49. The maximum Gasteiger partial charge on any atom is 0.161 e. The van der Waals surface area contributed by atoms with Gasteiger partial charge in [-0.05, 0) is 32.0 Å². The van der Waals surface area contributed by atoms with E-state index >= 15 is 0 Å². The van der Waals surface area contributed by atoms with Crippen molar-refractivity contribution in [1.29, 1.82) is 0 Å². The Hall–Kier alpha value is -2.62. The van der Waals surface area contributed by atoms with Gasteiger partial charge in [0, 0.05) is 22.7 Å². The van der Waals surface area contributed by atoms with Gasteiger partial charge in [-0.1, -0.05) is 12.1 Å². The third-order valence-electron chi connectivity index (χ3n) is 3.50. The number of carbonyl (C=O) groups excluding carboxylic acids is 1. The number of nitrogen functional groups attached to an aromatic ring is 1. The van der Waals surface area contributed by atoms with Crippen LogP contribution in [0.1, 0.15) is 23.0 Å². The van der Waals surface area contributed by atoms with E-state index in [4.69, 9.17) is 5.73 Å². The summed E-state index contributed by atoms with van der Waals surface area (Å²) in [6.45, 7) is 3.45. The number of carbonyl (C=O) groups is 1. The normalized spacial score (nSPS) is 10.9. The Balaban J connectivity index is 2.25. The minimum Gasteiger partial charge on any atom is -0.397 e. The summed E-state index contributed by atoms with van der Waals surface area (Å²) >= 11 is 0. The molecule has 0 atom stereocenters. The lowest BCUT2D eigenvalue weighted by Crippen LogP contribution is -1.94. The Morgan fingerprint density at radius 1 is 1.25 bits per heavy atom. The molecule has 0 radical (unpaired) electrons. The Kier molecular flexibility index (Phi) is 2.79. The number of aryl methyl sites for hydroxylation is 1. The third kappa shape index (κ3) is 1.86. The lowest BCUT2D eigenvalue weighted by molar-refractivity contribution is 0.101. The Morgan fingerprint density at radius 3 is 2.75 bits per heavy atom. The molecule has 0 fully saturated rings. The number of nitrogens with one attached hydrogen (secondary N) is 1. The van der Waals surface area contributed by atoms with E-state index in [0.717, 1.165) is 27.9 Å². The summed E-state index contributed by atoms with van der Waals surface area (Å²) in [5, 5.41) is 0.995. The summed E-state index contributed by atoms with van der Waals surface area (Å²) in [6.07, 6.45) is 1.88. The molecule has 0 spiro atoms. The van der Waals surface area contributed by atoms with Crippen molar-refractivity contribution in [2.45, 2.75) is 13.8 Å². The number of aromatic amines is 1. The summed E-state index contributed by atoms with van der Waals surface area (Å²) < 4.78 is 0. The predicted octanol–water partition coefficient (Wildman–Crippen LogP) is 3.32. The van der Waals surface area contributed by atoms with Gasteiger partial charge < -0.3 is 10.7 Å². The molecule has 0 unspecified atom stereocenters. The first-order chi connectivity index (χ1) is 9.58. The molecule has 3 aromatic rings. The van der Waals surface area contributed by atoms with Gasteiger partial charge in [0.1, 0.15) is 0 Å². The number of pyridine rings is 1. The highest BCUT2D eigenvalue weighted by molar-refractivity contribution is 6.09. The zero-order valence-electron chi connectivity index (χ0n) is 11.4. The first kappa shape index (κ1) is 12.4. The Labute approximate surface area is 116 Å². The molecule has 1 aromatic carbocycles. The lowest BCUT2D eigenvalue weighted by atomic mass is 10.0. The first-order valence-corrected chi connectivity index (χ1v) is 6.42. The largest absolute Gasteiger partial charge is 0.397 e. The number of hydrogen-bond donors (Lipinski definition) is 2. The van der Waals surface area contributed by atoms with Crippen molar-refractivity contribution in [1.82, 2.24) is 9.97 Å². The van der Waals surface area contributed by atoms with Crippen LogP contribution in [0.15, 0.2) is 36.5 Å². The highest BCUT2D eigenvalue weighted by atomic mass is 16.1. The number of hydrogen-bond acceptors (Lipinski definition) is 3. The van der Waals surface area contributed by atoms with Gasteiger partial charge in [-0.2, -0.15) is 0 Å². The van der Waals surface area contributed by atoms with Crippen molar-refractivity contribution < 1.29 is 4.79 Å². The maximum atomic E-state index is 11.7. The number of Topliss-reactive ketones (excluding diaryl/α,β-unsaturated/α-hetero) is 1. The molecular formula is C16H15N3O. The number of fused-ring (bicyclic) bond motifs is 1. The van der Waals surface area contributed by atoms with Crippen LogP contribution in [0.2, 0.25) is 0 Å². The van der Waals surface area contributed by atoms with Crippen LogP contribution in [0.4, 0.5) is 5.69 Å². The monoisotopic (exact) mass is 265 g/mol. The van der Waals surface area contributed by atoms with Crippen LogP contribution < -0.4 is 5.73 Å². The fourth-order valence-corrected chi connectivity index (χ4v) is 2.38. The summed E-state index contributed by atoms with van der Waals surface area (Å²) in [4.78, 5) is 19.3. The molecule has 2 aromatic heterocycles. The van der Waals surface area contributed by atoms with Gasteiger partial charge in [-0.15, -0.1) is 0 Å². The molecule has 0 saturated heterocycles. The molecule has 0 aliphatic rings. The predicted molar refractivity (Wildman–Crippen MR) is 80.7 cm³/mol. The van der Waals surface area contributed by atoms with Gasteiger partial charge >= 0.3 is 0 Å². The van der Waals surface area contributed by atoms with Crippen LogP contribution in [0.3, 0.4) is 0 Å². The summed E-state index contributed by atoms with van der Waals surface area (Å²) in [5.74, 6) is 0.0467. The van der Waals surface area contributed by atoms with Crippen molar-refractivity contribution in [3.05, 3.63) is 47.8 Å². The van der Waals surface area contributed by atoms with Gasteiger partial charge in [-0.3, -0.25) is 9.78 Å². The SMILES string of the molecule is CC(=O)c1cccc2c(-c3ccc(N)c(C)n3)c[nH]c12. The highest BCUT2D eigenvalue weighted by Crippen LogP contribution is 2.30. The van der Waals surface area contributed by atoms with Gasteiger partial charge in [0.05, 0.1) is 22.6 Å². The molecule has 0 aliphatic carbocycles. The van der Waals surface area contributed by atoms with Crippen molar-refractivity contribution in [2.24, 2.45) is 0 Å². The van der Waals surface area contributed by atoms with Crippen LogP contribution in [0.5, 0.6) is 0 Å². The van der Waals surface area contributed by atoms with E-state index in [9.17, 15) is 4.79 Å². The highest BCUT2D eigenvalue weighted by Gasteiger charge is 2.12. The standard InChI is InChI=1S/C16H15N3O/c1-9-14(17)6-7-15(19-9)13-8-18-16-11(10(2)20)4-3-5-12(13)16/h3-8,18H,17H2,1-2H3. The van der Waals surface area contributed by atoms with E-state index in [1.807, 2.05) is 43.5 Å². The molecule has 0 saturated carbocycles.